The molecule has 0 saturated carbocycles. The van der Waals surface area contributed by atoms with Crippen molar-refractivity contribution in [3.63, 3.8) is 0 Å². The zero-order valence-corrected chi connectivity index (χ0v) is 16.8. The largest absolute Gasteiger partial charge is 1.00 e. The molecule has 0 spiro atoms. The first-order valence-corrected chi connectivity index (χ1v) is 7.36. The second kappa shape index (κ2) is 8.78. The van der Waals surface area contributed by atoms with E-state index in [1.807, 2.05) is 42.5 Å². The standard InChI is InChI=1S/C18H17NO4.K/c1-12-16(18(20)21)19-17(23-12)14-9-5-6-10-15(14)22-11-13-7-3-2-4-8-13;/h2-10,12,16H,11H2,1H3,(H,20,21);/q;+1/p-1/t12-,16+;/m1./s1. The summed E-state index contributed by atoms with van der Waals surface area (Å²) >= 11 is 0. The first kappa shape index (κ1) is 19.1. The van der Waals surface area contributed by atoms with Gasteiger partial charge in [0.15, 0.2) is 0 Å². The van der Waals surface area contributed by atoms with E-state index in [2.05, 4.69) is 4.99 Å². The SMILES string of the molecule is C[C@H]1OC(c2ccccc2OCc2ccccc2)=N[C@@H]1C(=O)[O-].[K+]. The van der Waals surface area contributed by atoms with E-state index in [1.165, 1.54) is 0 Å². The van der Waals surface area contributed by atoms with Crippen molar-refractivity contribution in [1.29, 1.82) is 0 Å². The molecule has 1 heterocycles. The summed E-state index contributed by atoms with van der Waals surface area (Å²) in [4.78, 5) is 15.2. The summed E-state index contributed by atoms with van der Waals surface area (Å²) < 4.78 is 11.4. The number of nitrogens with zero attached hydrogens (tertiary/aromatic N) is 1. The smallest absolute Gasteiger partial charge is 0.548 e. The van der Waals surface area contributed by atoms with Crippen LogP contribution < -0.4 is 61.2 Å². The Bertz CT molecular complexity index is 733. The van der Waals surface area contributed by atoms with Crippen LogP contribution in [0.1, 0.15) is 18.1 Å². The van der Waals surface area contributed by atoms with Gasteiger partial charge in [-0.3, -0.25) is 0 Å². The molecule has 6 heteroatoms. The molecular weight excluding hydrogens is 333 g/mol. The van der Waals surface area contributed by atoms with Gasteiger partial charge in [-0.2, -0.15) is 0 Å². The van der Waals surface area contributed by atoms with E-state index in [0.29, 0.717) is 17.9 Å². The monoisotopic (exact) mass is 349 g/mol. The van der Waals surface area contributed by atoms with Crippen molar-refractivity contribution < 1.29 is 70.8 Å². The van der Waals surface area contributed by atoms with Crippen molar-refractivity contribution in [3.8, 4) is 5.75 Å². The Balaban J connectivity index is 0.00000208. The van der Waals surface area contributed by atoms with Crippen LogP contribution in [-0.2, 0) is 16.1 Å². The molecule has 0 saturated heterocycles. The van der Waals surface area contributed by atoms with Crippen LogP contribution in [0.5, 0.6) is 5.75 Å². The predicted molar refractivity (Wildman–Crippen MR) is 83.1 cm³/mol. The summed E-state index contributed by atoms with van der Waals surface area (Å²) in [6.07, 6.45) is -0.558. The normalized spacial score (nSPS) is 19.0. The third kappa shape index (κ3) is 4.46. The van der Waals surface area contributed by atoms with Crippen LogP contribution in [0, 0.1) is 0 Å². The van der Waals surface area contributed by atoms with Gasteiger partial charge >= 0.3 is 51.4 Å². The summed E-state index contributed by atoms with van der Waals surface area (Å²) in [5.41, 5.74) is 1.68. The zero-order chi connectivity index (χ0) is 16.2. The van der Waals surface area contributed by atoms with Crippen molar-refractivity contribution in [3.05, 3.63) is 65.7 Å². The number of aliphatic carboxylic acids is 1. The van der Waals surface area contributed by atoms with Gasteiger partial charge < -0.3 is 19.4 Å². The minimum atomic E-state index is -1.24. The minimum Gasteiger partial charge on any atom is -0.548 e. The predicted octanol–water partition coefficient (Wildman–Crippen LogP) is -1.45. The number of rotatable bonds is 5. The maximum Gasteiger partial charge on any atom is 1.00 e. The van der Waals surface area contributed by atoms with Crippen molar-refractivity contribution in [2.24, 2.45) is 4.99 Å². The van der Waals surface area contributed by atoms with Crippen LogP contribution >= 0.6 is 0 Å². The molecule has 1 aliphatic rings. The van der Waals surface area contributed by atoms with E-state index in [-0.39, 0.29) is 57.3 Å². The summed E-state index contributed by atoms with van der Waals surface area (Å²) in [6.45, 7) is 2.06. The van der Waals surface area contributed by atoms with Crippen LogP contribution in [0.4, 0.5) is 0 Å². The number of hydrogen-bond donors (Lipinski definition) is 0. The summed E-state index contributed by atoms with van der Waals surface area (Å²) in [5.74, 6) is -0.369. The van der Waals surface area contributed by atoms with E-state index in [9.17, 15) is 9.90 Å². The molecule has 118 valence electrons. The van der Waals surface area contributed by atoms with Gasteiger partial charge in [0.05, 0.1) is 11.5 Å². The van der Waals surface area contributed by atoms with E-state index in [4.69, 9.17) is 9.47 Å². The van der Waals surface area contributed by atoms with Crippen molar-refractivity contribution in [1.82, 2.24) is 0 Å². The van der Waals surface area contributed by atoms with Gasteiger partial charge in [0.2, 0.25) is 5.90 Å². The Kier molecular flexibility index (Phi) is 7.00. The Labute approximate surface area is 183 Å². The van der Waals surface area contributed by atoms with Crippen LogP contribution in [0.15, 0.2) is 59.6 Å². The quantitative estimate of drug-likeness (QED) is 0.620. The minimum absolute atomic E-state index is 0. The number of aliphatic imine (C=N–C) groups is 1. The first-order chi connectivity index (χ1) is 11.1. The fourth-order valence-corrected chi connectivity index (χ4v) is 2.38. The van der Waals surface area contributed by atoms with Crippen molar-refractivity contribution >= 4 is 11.9 Å². The number of benzene rings is 2. The molecule has 3 rings (SSSR count). The van der Waals surface area contributed by atoms with Gasteiger partial charge in [-0.05, 0) is 24.6 Å². The third-order valence-corrected chi connectivity index (χ3v) is 3.59. The molecular formula is C18H16KNO4. The fraction of sp³-hybridized carbons (Fsp3) is 0.222. The van der Waals surface area contributed by atoms with E-state index in [0.717, 1.165) is 5.56 Å². The van der Waals surface area contributed by atoms with Gasteiger partial charge in [0.1, 0.15) is 24.5 Å². The zero-order valence-electron chi connectivity index (χ0n) is 13.6. The number of carboxylic acids is 1. The molecule has 5 nitrogen and oxygen atoms in total. The maximum atomic E-state index is 11.1. The Morgan fingerprint density at radius 3 is 2.50 bits per heavy atom. The molecule has 2 aromatic rings. The maximum absolute atomic E-state index is 11.1. The molecule has 24 heavy (non-hydrogen) atoms. The molecule has 0 N–H and O–H groups in total. The van der Waals surface area contributed by atoms with E-state index in [1.54, 1.807) is 19.1 Å². The summed E-state index contributed by atoms with van der Waals surface area (Å²) in [5, 5.41) is 11.1. The molecule has 0 fully saturated rings. The molecule has 0 radical (unpaired) electrons. The van der Waals surface area contributed by atoms with Crippen LogP contribution in [0.25, 0.3) is 0 Å². The molecule has 1 aliphatic heterocycles. The van der Waals surface area contributed by atoms with Crippen LogP contribution in [-0.4, -0.2) is 24.0 Å². The number of hydrogen-bond acceptors (Lipinski definition) is 5. The van der Waals surface area contributed by atoms with Gasteiger partial charge in [0, 0.05) is 0 Å². The summed E-state index contributed by atoms with van der Waals surface area (Å²) in [7, 11) is 0. The van der Waals surface area contributed by atoms with Crippen molar-refractivity contribution in [2.75, 3.05) is 0 Å². The Hall–Kier alpha value is -1.18. The number of carbonyl (C=O) groups is 1. The van der Waals surface area contributed by atoms with Crippen LogP contribution in [0.2, 0.25) is 0 Å². The molecule has 0 aromatic heterocycles. The Morgan fingerprint density at radius 2 is 1.83 bits per heavy atom. The third-order valence-electron chi connectivity index (χ3n) is 3.59. The topological polar surface area (TPSA) is 71.0 Å². The Morgan fingerprint density at radius 1 is 1.17 bits per heavy atom. The number of ether oxygens (including phenoxy) is 2. The molecule has 0 unspecified atom stereocenters. The van der Waals surface area contributed by atoms with E-state index >= 15 is 0 Å². The summed E-state index contributed by atoms with van der Waals surface area (Å²) in [6, 6.07) is 16.1. The molecule has 0 bridgehead atoms. The number of para-hydroxylation sites is 1. The first-order valence-electron chi connectivity index (χ1n) is 7.36. The average molecular weight is 349 g/mol. The van der Waals surface area contributed by atoms with Crippen molar-refractivity contribution in [2.45, 2.75) is 25.7 Å². The van der Waals surface area contributed by atoms with Gasteiger partial charge in [-0.1, -0.05) is 42.5 Å². The molecule has 2 atom stereocenters. The average Bonchev–Trinajstić information content (AvgIpc) is 2.96. The van der Waals surface area contributed by atoms with Gasteiger partial charge in [0.25, 0.3) is 0 Å². The van der Waals surface area contributed by atoms with Gasteiger partial charge in [-0.15, -0.1) is 0 Å². The molecule has 0 amide bonds. The second-order valence-electron chi connectivity index (χ2n) is 5.29. The van der Waals surface area contributed by atoms with Gasteiger partial charge in [-0.25, -0.2) is 4.99 Å². The second-order valence-corrected chi connectivity index (χ2v) is 5.29. The fourth-order valence-electron chi connectivity index (χ4n) is 2.38. The molecule has 2 aromatic carbocycles. The molecule has 0 aliphatic carbocycles. The van der Waals surface area contributed by atoms with E-state index < -0.39 is 18.1 Å². The van der Waals surface area contributed by atoms with Crippen LogP contribution in [0.3, 0.4) is 0 Å². The number of carbonyl (C=O) groups excluding carboxylic acids is 1. The number of carboxylic acid groups (broad SMARTS) is 1.